The quantitative estimate of drug-likeness (QED) is 0.364. The van der Waals surface area contributed by atoms with Gasteiger partial charge in [-0.3, -0.25) is 4.79 Å². The highest BCUT2D eigenvalue weighted by Crippen LogP contribution is 2.07. The summed E-state index contributed by atoms with van der Waals surface area (Å²) in [5, 5.41) is 0. The molecule has 0 aromatic rings. The molecule has 1 heteroatoms. The molecular formula is C15H25O. The van der Waals surface area contributed by atoms with E-state index in [0.29, 0.717) is 6.42 Å². The summed E-state index contributed by atoms with van der Waals surface area (Å²) in [6.07, 6.45) is 20.9. The molecule has 0 rings (SSSR count). The number of hydrogen-bond donors (Lipinski definition) is 0. The number of unbranched alkanes of at least 4 members (excludes halogenated alkanes) is 6. The summed E-state index contributed by atoms with van der Waals surface area (Å²) in [5.41, 5.74) is 0. The lowest BCUT2D eigenvalue weighted by Gasteiger charge is -1.96. The van der Waals surface area contributed by atoms with E-state index >= 15 is 0 Å². The van der Waals surface area contributed by atoms with Crippen molar-refractivity contribution in [1.29, 1.82) is 0 Å². The van der Waals surface area contributed by atoms with Gasteiger partial charge in [-0.2, -0.15) is 0 Å². The number of rotatable bonds is 11. The van der Waals surface area contributed by atoms with Crippen LogP contribution in [0, 0.1) is 0 Å². The maximum atomic E-state index is 9.95. The van der Waals surface area contributed by atoms with Gasteiger partial charge < -0.3 is 0 Å². The van der Waals surface area contributed by atoms with Crippen LogP contribution in [0.2, 0.25) is 0 Å². The van der Waals surface area contributed by atoms with Crippen molar-refractivity contribution in [2.75, 3.05) is 0 Å². The van der Waals surface area contributed by atoms with Crippen LogP contribution in [-0.4, -0.2) is 6.29 Å². The molecule has 0 saturated heterocycles. The second-order valence-electron chi connectivity index (χ2n) is 4.04. The average molecular weight is 221 g/mol. The summed E-state index contributed by atoms with van der Waals surface area (Å²) in [7, 11) is 0. The minimum atomic E-state index is 0.615. The van der Waals surface area contributed by atoms with Crippen LogP contribution in [0.1, 0.15) is 64.7 Å². The van der Waals surface area contributed by atoms with Crippen LogP contribution in [0.3, 0.4) is 0 Å². The van der Waals surface area contributed by atoms with E-state index in [1.807, 2.05) is 6.29 Å². The van der Waals surface area contributed by atoms with Crippen molar-refractivity contribution in [2.24, 2.45) is 0 Å². The van der Waals surface area contributed by atoms with Crippen LogP contribution in [0.25, 0.3) is 0 Å². The monoisotopic (exact) mass is 221 g/mol. The van der Waals surface area contributed by atoms with Crippen molar-refractivity contribution in [3.63, 3.8) is 0 Å². The first-order valence-electron chi connectivity index (χ1n) is 6.56. The molecule has 0 spiro atoms. The van der Waals surface area contributed by atoms with Crippen LogP contribution in [0.4, 0.5) is 0 Å². The largest absolute Gasteiger partial charge is 0.291 e. The third kappa shape index (κ3) is 13.2. The maximum absolute atomic E-state index is 9.95. The molecule has 0 aliphatic carbocycles. The second-order valence-corrected chi connectivity index (χ2v) is 4.04. The Balaban J connectivity index is 3.08. The Kier molecular flexibility index (Phi) is 13.4. The molecule has 0 N–H and O–H groups in total. The summed E-state index contributed by atoms with van der Waals surface area (Å²) in [6.45, 7) is 2.16. The fourth-order valence-corrected chi connectivity index (χ4v) is 1.55. The molecule has 0 aliphatic rings. The number of carbonyl (C=O) groups excluding carboxylic acids is 1. The van der Waals surface area contributed by atoms with Crippen molar-refractivity contribution in [2.45, 2.75) is 64.7 Å². The van der Waals surface area contributed by atoms with Gasteiger partial charge in [0.25, 0.3) is 0 Å². The van der Waals surface area contributed by atoms with E-state index < -0.39 is 0 Å². The van der Waals surface area contributed by atoms with E-state index in [4.69, 9.17) is 0 Å². The van der Waals surface area contributed by atoms with Crippen LogP contribution >= 0.6 is 0 Å². The first kappa shape index (κ1) is 15.2. The SMILES string of the molecule is CC/C=C/C/C=C/CCCCCCC[C]=O. The molecule has 0 aromatic carbocycles. The van der Waals surface area contributed by atoms with E-state index in [9.17, 15) is 4.79 Å². The zero-order valence-corrected chi connectivity index (χ0v) is 10.6. The average Bonchev–Trinajstić information content (AvgIpc) is 2.31. The Bertz CT molecular complexity index is 192. The first-order valence-corrected chi connectivity index (χ1v) is 6.56. The van der Waals surface area contributed by atoms with Crippen molar-refractivity contribution in [3.8, 4) is 0 Å². The fraction of sp³-hybridized carbons (Fsp3) is 0.667. The van der Waals surface area contributed by atoms with Gasteiger partial charge in [-0.25, -0.2) is 0 Å². The van der Waals surface area contributed by atoms with Crippen molar-refractivity contribution in [3.05, 3.63) is 24.3 Å². The molecule has 91 valence electrons. The molecule has 16 heavy (non-hydrogen) atoms. The second kappa shape index (κ2) is 14.2. The van der Waals surface area contributed by atoms with Crippen LogP contribution in [0.5, 0.6) is 0 Å². The highest BCUT2D eigenvalue weighted by molar-refractivity contribution is 5.50. The highest BCUT2D eigenvalue weighted by atomic mass is 16.1. The van der Waals surface area contributed by atoms with Gasteiger partial charge in [0.1, 0.15) is 0 Å². The molecular weight excluding hydrogens is 196 g/mol. The number of allylic oxidation sites excluding steroid dienone is 4. The van der Waals surface area contributed by atoms with E-state index in [1.54, 1.807) is 0 Å². The summed E-state index contributed by atoms with van der Waals surface area (Å²) in [6, 6.07) is 0. The molecule has 0 aliphatic heterocycles. The molecule has 0 aromatic heterocycles. The van der Waals surface area contributed by atoms with Gasteiger partial charge in [0.15, 0.2) is 6.29 Å². The van der Waals surface area contributed by atoms with Crippen molar-refractivity contribution >= 4 is 6.29 Å². The van der Waals surface area contributed by atoms with Crippen molar-refractivity contribution < 1.29 is 4.79 Å². The molecule has 0 fully saturated rings. The molecule has 0 atom stereocenters. The van der Waals surface area contributed by atoms with Gasteiger partial charge in [0, 0.05) is 6.42 Å². The molecule has 0 unspecified atom stereocenters. The molecule has 0 bridgehead atoms. The van der Waals surface area contributed by atoms with Crippen LogP contribution in [-0.2, 0) is 4.79 Å². The Morgan fingerprint density at radius 3 is 2.31 bits per heavy atom. The highest BCUT2D eigenvalue weighted by Gasteiger charge is 1.89. The summed E-state index contributed by atoms with van der Waals surface area (Å²) in [4.78, 5) is 9.95. The van der Waals surface area contributed by atoms with Gasteiger partial charge >= 0.3 is 0 Å². The zero-order valence-electron chi connectivity index (χ0n) is 10.6. The van der Waals surface area contributed by atoms with Crippen molar-refractivity contribution in [1.82, 2.24) is 0 Å². The van der Waals surface area contributed by atoms with Gasteiger partial charge in [0.2, 0.25) is 0 Å². The molecule has 1 radical (unpaired) electrons. The third-order valence-electron chi connectivity index (χ3n) is 2.49. The van der Waals surface area contributed by atoms with Crippen LogP contribution < -0.4 is 0 Å². The van der Waals surface area contributed by atoms with Crippen LogP contribution in [0.15, 0.2) is 24.3 Å². The molecule has 1 nitrogen and oxygen atoms in total. The van der Waals surface area contributed by atoms with E-state index in [0.717, 1.165) is 19.3 Å². The predicted molar refractivity (Wildman–Crippen MR) is 71.2 cm³/mol. The summed E-state index contributed by atoms with van der Waals surface area (Å²) in [5.74, 6) is 0. The Morgan fingerprint density at radius 2 is 1.56 bits per heavy atom. The minimum Gasteiger partial charge on any atom is -0.291 e. The van der Waals surface area contributed by atoms with E-state index in [2.05, 4.69) is 31.2 Å². The van der Waals surface area contributed by atoms with E-state index in [-0.39, 0.29) is 0 Å². The molecule has 0 amide bonds. The molecule has 0 heterocycles. The Morgan fingerprint density at radius 1 is 0.875 bits per heavy atom. The lowest BCUT2D eigenvalue weighted by atomic mass is 10.1. The summed E-state index contributed by atoms with van der Waals surface area (Å²) >= 11 is 0. The van der Waals surface area contributed by atoms with E-state index in [1.165, 1.54) is 32.1 Å². The normalized spacial score (nSPS) is 11.6. The minimum absolute atomic E-state index is 0.615. The smallest absolute Gasteiger partial charge is 0.198 e. The van der Waals surface area contributed by atoms with Gasteiger partial charge in [-0.15, -0.1) is 0 Å². The third-order valence-corrected chi connectivity index (χ3v) is 2.49. The van der Waals surface area contributed by atoms with Gasteiger partial charge in [-0.05, 0) is 32.1 Å². The Labute approximate surface area is 101 Å². The van der Waals surface area contributed by atoms with Gasteiger partial charge in [0.05, 0.1) is 0 Å². The van der Waals surface area contributed by atoms with Gasteiger partial charge in [-0.1, -0.05) is 50.5 Å². The lowest BCUT2D eigenvalue weighted by Crippen LogP contribution is -1.80. The summed E-state index contributed by atoms with van der Waals surface area (Å²) < 4.78 is 0. The standard InChI is InChI=1S/C15H25O/c1-2-3-4-5-6-7-8-9-10-11-12-13-14-15-16/h3-4,6-7H,2,5,8-14H2,1H3/b4-3+,7-6+. The topological polar surface area (TPSA) is 17.1 Å². The lowest BCUT2D eigenvalue weighted by molar-refractivity contribution is 0.542. The number of hydrogen-bond acceptors (Lipinski definition) is 1. The first-order chi connectivity index (χ1) is 7.91. The predicted octanol–water partition coefficient (Wildman–Crippen LogP) is 4.74. The maximum Gasteiger partial charge on any atom is 0.198 e. The fourth-order valence-electron chi connectivity index (χ4n) is 1.55. The molecule has 0 saturated carbocycles. The zero-order chi connectivity index (χ0) is 11.9. The Hall–Kier alpha value is -0.850.